The van der Waals surface area contributed by atoms with Crippen LogP contribution in [0.5, 0.6) is 11.5 Å². The van der Waals surface area contributed by atoms with Crippen LogP contribution in [0.1, 0.15) is 11.1 Å². The number of methoxy groups -OCH3 is 2. The van der Waals surface area contributed by atoms with Gasteiger partial charge in [0.25, 0.3) is 0 Å². The van der Waals surface area contributed by atoms with Gasteiger partial charge in [-0.25, -0.2) is 0 Å². The average Bonchev–Trinajstić information content (AvgIpc) is 2.59. The van der Waals surface area contributed by atoms with E-state index in [1.54, 1.807) is 18.2 Å². The normalized spacial score (nSPS) is 11.4. The maximum atomic E-state index is 12.7. The first-order valence-electron chi connectivity index (χ1n) is 7.22. The molecule has 7 heteroatoms. The number of carbonyl (C=O) groups is 1. The van der Waals surface area contributed by atoms with Crippen molar-refractivity contribution in [2.24, 2.45) is 0 Å². The number of amides is 1. The Hall–Kier alpha value is -2.96. The highest BCUT2D eigenvalue weighted by atomic mass is 19.4. The summed E-state index contributed by atoms with van der Waals surface area (Å²) >= 11 is 0. The van der Waals surface area contributed by atoms with E-state index in [4.69, 9.17) is 9.47 Å². The van der Waals surface area contributed by atoms with Gasteiger partial charge >= 0.3 is 6.18 Å². The Morgan fingerprint density at radius 2 is 1.84 bits per heavy atom. The number of carbonyl (C=O) groups excluding carboxylic acids is 1. The predicted molar refractivity (Wildman–Crippen MR) is 88.7 cm³/mol. The molecule has 1 amide bonds. The van der Waals surface area contributed by atoms with Crippen LogP contribution in [-0.4, -0.2) is 20.1 Å². The molecule has 0 aliphatic heterocycles. The summed E-state index contributed by atoms with van der Waals surface area (Å²) in [6.07, 6.45) is -1.98. The van der Waals surface area contributed by atoms with E-state index in [1.807, 2.05) is 0 Å². The standard InChI is InChI=1S/C18H16F3NO3/c1-24-14-7-8-16(25-2)15(11-14)22-17(23)9-6-12-4-3-5-13(10-12)18(19,20)21/h3-11H,1-2H3,(H,22,23)/b9-6+. The summed E-state index contributed by atoms with van der Waals surface area (Å²) in [5.74, 6) is 0.448. The third-order valence-corrected chi connectivity index (χ3v) is 3.31. The van der Waals surface area contributed by atoms with Crippen LogP contribution >= 0.6 is 0 Å². The molecular formula is C18H16F3NO3. The highest BCUT2D eigenvalue weighted by molar-refractivity contribution is 6.02. The molecule has 0 radical (unpaired) electrons. The van der Waals surface area contributed by atoms with Crippen molar-refractivity contribution in [1.29, 1.82) is 0 Å². The Balaban J connectivity index is 2.14. The van der Waals surface area contributed by atoms with Crippen molar-refractivity contribution in [3.63, 3.8) is 0 Å². The van der Waals surface area contributed by atoms with Gasteiger partial charge in [-0.1, -0.05) is 12.1 Å². The molecule has 0 saturated heterocycles. The number of rotatable bonds is 5. The fraction of sp³-hybridized carbons (Fsp3) is 0.167. The zero-order valence-electron chi connectivity index (χ0n) is 13.6. The van der Waals surface area contributed by atoms with Gasteiger partial charge in [0.1, 0.15) is 11.5 Å². The zero-order chi connectivity index (χ0) is 18.4. The molecule has 0 heterocycles. The van der Waals surface area contributed by atoms with Crippen LogP contribution in [0.15, 0.2) is 48.5 Å². The first-order chi connectivity index (χ1) is 11.8. The lowest BCUT2D eigenvalue weighted by atomic mass is 10.1. The molecule has 0 bridgehead atoms. The van der Waals surface area contributed by atoms with E-state index >= 15 is 0 Å². The summed E-state index contributed by atoms with van der Waals surface area (Å²) in [5.41, 5.74) is -0.118. The van der Waals surface area contributed by atoms with Crippen molar-refractivity contribution in [1.82, 2.24) is 0 Å². The highest BCUT2D eigenvalue weighted by Crippen LogP contribution is 2.30. The molecule has 1 N–H and O–H groups in total. The SMILES string of the molecule is COc1ccc(OC)c(NC(=O)/C=C/c2cccc(C(F)(F)F)c2)c1. The monoisotopic (exact) mass is 351 g/mol. The van der Waals surface area contributed by atoms with Gasteiger partial charge in [-0.3, -0.25) is 4.79 Å². The maximum Gasteiger partial charge on any atom is 0.416 e. The van der Waals surface area contributed by atoms with E-state index in [0.717, 1.165) is 18.2 Å². The quantitative estimate of drug-likeness (QED) is 0.814. The summed E-state index contributed by atoms with van der Waals surface area (Å²) < 4.78 is 48.3. The van der Waals surface area contributed by atoms with Crippen LogP contribution < -0.4 is 14.8 Å². The van der Waals surface area contributed by atoms with Crippen LogP contribution in [0, 0.1) is 0 Å². The fourth-order valence-corrected chi connectivity index (χ4v) is 2.08. The number of benzene rings is 2. The van der Waals surface area contributed by atoms with Crippen molar-refractivity contribution >= 4 is 17.7 Å². The Morgan fingerprint density at radius 1 is 1.08 bits per heavy atom. The molecule has 0 aliphatic carbocycles. The summed E-state index contributed by atoms with van der Waals surface area (Å²) in [7, 11) is 2.94. The van der Waals surface area contributed by atoms with E-state index in [1.165, 1.54) is 32.4 Å². The molecule has 0 aliphatic rings. The molecule has 0 fully saturated rings. The van der Waals surface area contributed by atoms with E-state index in [9.17, 15) is 18.0 Å². The lowest BCUT2D eigenvalue weighted by Crippen LogP contribution is -2.09. The van der Waals surface area contributed by atoms with E-state index in [-0.39, 0.29) is 5.56 Å². The van der Waals surface area contributed by atoms with Crippen LogP contribution in [0.3, 0.4) is 0 Å². The van der Waals surface area contributed by atoms with Crippen LogP contribution in [0.2, 0.25) is 0 Å². The molecule has 2 aromatic carbocycles. The number of nitrogens with one attached hydrogen (secondary N) is 1. The third-order valence-electron chi connectivity index (χ3n) is 3.31. The maximum absolute atomic E-state index is 12.7. The zero-order valence-corrected chi connectivity index (χ0v) is 13.6. The van der Waals surface area contributed by atoms with Crippen molar-refractivity contribution < 1.29 is 27.4 Å². The Labute approximate surface area is 142 Å². The highest BCUT2D eigenvalue weighted by Gasteiger charge is 2.30. The molecule has 0 saturated carbocycles. The molecule has 2 rings (SSSR count). The molecule has 0 spiro atoms. The third kappa shape index (κ3) is 5.00. The van der Waals surface area contributed by atoms with Crippen LogP contribution in [0.25, 0.3) is 6.08 Å². The first-order valence-corrected chi connectivity index (χ1v) is 7.22. The van der Waals surface area contributed by atoms with E-state index < -0.39 is 17.6 Å². The second kappa shape index (κ2) is 7.74. The molecule has 0 atom stereocenters. The number of alkyl halides is 3. The lowest BCUT2D eigenvalue weighted by molar-refractivity contribution is -0.137. The largest absolute Gasteiger partial charge is 0.497 e. The lowest BCUT2D eigenvalue weighted by Gasteiger charge is -2.10. The number of hydrogen-bond donors (Lipinski definition) is 1. The van der Waals surface area contributed by atoms with Crippen LogP contribution in [-0.2, 0) is 11.0 Å². The molecule has 0 aromatic heterocycles. The second-order valence-corrected chi connectivity index (χ2v) is 5.01. The summed E-state index contributed by atoms with van der Waals surface area (Å²) in [5, 5.41) is 2.60. The van der Waals surface area contributed by atoms with Crippen molar-refractivity contribution in [2.75, 3.05) is 19.5 Å². The summed E-state index contributed by atoms with van der Waals surface area (Å²) in [6, 6.07) is 9.58. The number of ether oxygens (including phenoxy) is 2. The number of hydrogen-bond acceptors (Lipinski definition) is 3. The Morgan fingerprint density at radius 3 is 2.48 bits per heavy atom. The van der Waals surface area contributed by atoms with E-state index in [2.05, 4.69) is 5.32 Å². The minimum absolute atomic E-state index is 0.266. The molecule has 4 nitrogen and oxygen atoms in total. The predicted octanol–water partition coefficient (Wildman–Crippen LogP) is 4.37. The van der Waals surface area contributed by atoms with Crippen molar-refractivity contribution in [3.05, 3.63) is 59.7 Å². The first kappa shape index (κ1) is 18.4. The van der Waals surface area contributed by atoms with Gasteiger partial charge in [0, 0.05) is 12.1 Å². The smallest absolute Gasteiger partial charge is 0.416 e. The van der Waals surface area contributed by atoms with Crippen LogP contribution in [0.4, 0.5) is 18.9 Å². The minimum Gasteiger partial charge on any atom is -0.497 e. The Bertz CT molecular complexity index is 785. The van der Waals surface area contributed by atoms with Gasteiger partial charge in [-0.05, 0) is 35.9 Å². The fourth-order valence-electron chi connectivity index (χ4n) is 2.08. The summed E-state index contributed by atoms with van der Waals surface area (Å²) in [4.78, 5) is 12.0. The molecule has 2 aromatic rings. The van der Waals surface area contributed by atoms with Crippen molar-refractivity contribution in [3.8, 4) is 11.5 Å². The molecule has 132 valence electrons. The van der Waals surface area contributed by atoms with Gasteiger partial charge < -0.3 is 14.8 Å². The molecule has 0 unspecified atom stereocenters. The van der Waals surface area contributed by atoms with Gasteiger partial charge in [0.15, 0.2) is 0 Å². The Kier molecular flexibility index (Phi) is 5.69. The van der Waals surface area contributed by atoms with Gasteiger partial charge in [-0.2, -0.15) is 13.2 Å². The number of halogens is 3. The van der Waals surface area contributed by atoms with Gasteiger partial charge in [0.05, 0.1) is 25.5 Å². The minimum atomic E-state index is -4.43. The summed E-state index contributed by atoms with van der Waals surface area (Å²) in [6.45, 7) is 0. The topological polar surface area (TPSA) is 47.6 Å². The van der Waals surface area contributed by atoms with Gasteiger partial charge in [0.2, 0.25) is 5.91 Å². The van der Waals surface area contributed by atoms with Crippen molar-refractivity contribution in [2.45, 2.75) is 6.18 Å². The average molecular weight is 351 g/mol. The molecular weight excluding hydrogens is 335 g/mol. The second-order valence-electron chi connectivity index (χ2n) is 5.01. The molecule has 25 heavy (non-hydrogen) atoms. The van der Waals surface area contributed by atoms with E-state index in [0.29, 0.717) is 17.2 Å². The van der Waals surface area contributed by atoms with Gasteiger partial charge in [-0.15, -0.1) is 0 Å². The number of anilines is 1.